The van der Waals surface area contributed by atoms with Crippen molar-refractivity contribution in [2.24, 2.45) is 5.10 Å². The van der Waals surface area contributed by atoms with Gasteiger partial charge in [-0.3, -0.25) is 5.43 Å². The molecule has 0 aliphatic carbocycles. The third-order valence-corrected chi connectivity index (χ3v) is 4.44. The lowest BCUT2D eigenvalue weighted by Crippen LogP contribution is -1.98. The molecule has 2 aromatic carbocycles. The van der Waals surface area contributed by atoms with Crippen LogP contribution >= 0.6 is 27.3 Å². The molecule has 0 bridgehead atoms. The number of halogens is 2. The summed E-state index contributed by atoms with van der Waals surface area (Å²) in [6, 6.07) is 12.2. The summed E-state index contributed by atoms with van der Waals surface area (Å²) in [4.78, 5) is 4.04. The van der Waals surface area contributed by atoms with E-state index in [1.807, 2.05) is 12.1 Å². The second-order valence-corrected chi connectivity index (χ2v) is 6.81. The Morgan fingerprint density at radius 2 is 2.08 bits per heavy atom. The first-order chi connectivity index (χ1) is 12.1. The highest BCUT2D eigenvalue weighted by atomic mass is 79.9. The van der Waals surface area contributed by atoms with E-state index >= 15 is 0 Å². The molecule has 0 atom stereocenters. The standard InChI is InChI=1S/C17H14BrFN4OS/c18-13-4-3-12(15(19)7-13)9-24-14-5-1-11(2-6-14)8-21-23-17-22-16(20)10-25-17/h1-8,10H,9,20H2,(H,22,23). The summed E-state index contributed by atoms with van der Waals surface area (Å²) >= 11 is 4.61. The van der Waals surface area contributed by atoms with Crippen LogP contribution < -0.4 is 15.9 Å². The Labute approximate surface area is 156 Å². The summed E-state index contributed by atoms with van der Waals surface area (Å²) in [7, 11) is 0. The average Bonchev–Trinajstić information content (AvgIpc) is 3.01. The van der Waals surface area contributed by atoms with E-state index in [9.17, 15) is 4.39 Å². The highest BCUT2D eigenvalue weighted by Crippen LogP contribution is 2.19. The van der Waals surface area contributed by atoms with Crippen molar-refractivity contribution in [1.82, 2.24) is 4.98 Å². The number of nitrogens with one attached hydrogen (secondary N) is 1. The predicted octanol–water partition coefficient (Wildman–Crippen LogP) is 4.65. The highest BCUT2D eigenvalue weighted by molar-refractivity contribution is 9.10. The summed E-state index contributed by atoms with van der Waals surface area (Å²) in [6.45, 7) is 0.166. The zero-order chi connectivity index (χ0) is 17.6. The first-order valence-corrected chi connectivity index (χ1v) is 8.94. The average molecular weight is 421 g/mol. The summed E-state index contributed by atoms with van der Waals surface area (Å²) in [5.74, 6) is 0.818. The molecule has 0 unspecified atom stereocenters. The number of ether oxygens (including phenoxy) is 1. The largest absolute Gasteiger partial charge is 0.489 e. The second-order valence-electron chi connectivity index (χ2n) is 5.04. The Morgan fingerprint density at radius 1 is 1.28 bits per heavy atom. The molecule has 8 heteroatoms. The Kier molecular flexibility index (Phi) is 5.62. The number of hydrazone groups is 1. The van der Waals surface area contributed by atoms with E-state index in [4.69, 9.17) is 10.5 Å². The van der Waals surface area contributed by atoms with Gasteiger partial charge in [-0.2, -0.15) is 5.10 Å². The molecule has 0 spiro atoms. The Balaban J connectivity index is 1.54. The molecule has 1 aromatic heterocycles. The molecule has 0 saturated heterocycles. The molecule has 0 radical (unpaired) electrons. The van der Waals surface area contributed by atoms with E-state index in [1.165, 1.54) is 17.4 Å². The van der Waals surface area contributed by atoms with Crippen molar-refractivity contribution in [2.45, 2.75) is 6.61 Å². The van der Waals surface area contributed by atoms with Crippen molar-refractivity contribution in [1.29, 1.82) is 0 Å². The van der Waals surface area contributed by atoms with Gasteiger partial charge in [0.05, 0.1) is 6.21 Å². The molecule has 0 aliphatic heterocycles. The van der Waals surface area contributed by atoms with E-state index in [1.54, 1.807) is 35.9 Å². The van der Waals surface area contributed by atoms with Crippen LogP contribution in [0.2, 0.25) is 0 Å². The van der Waals surface area contributed by atoms with E-state index < -0.39 is 0 Å². The Hall–Kier alpha value is -2.45. The van der Waals surface area contributed by atoms with Gasteiger partial charge in [0, 0.05) is 15.4 Å². The number of nitrogens with two attached hydrogens (primary N) is 1. The number of aromatic nitrogens is 1. The van der Waals surface area contributed by atoms with Crippen molar-refractivity contribution in [3.8, 4) is 5.75 Å². The van der Waals surface area contributed by atoms with Gasteiger partial charge >= 0.3 is 0 Å². The molecule has 0 aliphatic rings. The molecular weight excluding hydrogens is 407 g/mol. The lowest BCUT2D eigenvalue weighted by atomic mass is 10.2. The number of benzene rings is 2. The molecule has 128 valence electrons. The number of hydrogen-bond donors (Lipinski definition) is 2. The summed E-state index contributed by atoms with van der Waals surface area (Å²) in [5.41, 5.74) is 9.73. The fourth-order valence-corrected chi connectivity index (χ4v) is 2.83. The number of hydrogen-bond acceptors (Lipinski definition) is 6. The van der Waals surface area contributed by atoms with Crippen LogP contribution in [-0.2, 0) is 6.61 Å². The predicted molar refractivity (Wildman–Crippen MR) is 103 cm³/mol. The lowest BCUT2D eigenvalue weighted by molar-refractivity contribution is 0.300. The fourth-order valence-electron chi connectivity index (χ4n) is 1.95. The SMILES string of the molecule is Nc1csc(NN=Cc2ccc(OCc3ccc(Br)cc3F)cc2)n1. The highest BCUT2D eigenvalue weighted by Gasteiger charge is 2.04. The van der Waals surface area contributed by atoms with Gasteiger partial charge in [0.15, 0.2) is 0 Å². The second kappa shape index (κ2) is 8.09. The van der Waals surface area contributed by atoms with E-state index in [0.717, 1.165) is 5.56 Å². The summed E-state index contributed by atoms with van der Waals surface area (Å²) in [6.07, 6.45) is 1.66. The number of nitrogen functional groups attached to an aromatic ring is 1. The van der Waals surface area contributed by atoms with Crippen molar-refractivity contribution in [3.05, 3.63) is 69.3 Å². The number of nitrogens with zero attached hydrogens (tertiary/aromatic N) is 2. The summed E-state index contributed by atoms with van der Waals surface area (Å²) < 4.78 is 20.1. The quantitative estimate of drug-likeness (QED) is 0.449. The zero-order valence-electron chi connectivity index (χ0n) is 12.9. The van der Waals surface area contributed by atoms with Crippen LogP contribution in [0.25, 0.3) is 0 Å². The van der Waals surface area contributed by atoms with Crippen LogP contribution in [0, 0.1) is 5.82 Å². The smallest absolute Gasteiger partial charge is 0.205 e. The van der Waals surface area contributed by atoms with Gasteiger partial charge in [0.25, 0.3) is 0 Å². The topological polar surface area (TPSA) is 72.5 Å². The third-order valence-electron chi connectivity index (χ3n) is 3.19. The monoisotopic (exact) mass is 420 g/mol. The van der Waals surface area contributed by atoms with Crippen molar-refractivity contribution >= 4 is 44.4 Å². The minimum Gasteiger partial charge on any atom is -0.489 e. The Bertz CT molecular complexity index is 883. The van der Waals surface area contributed by atoms with E-state index in [0.29, 0.717) is 26.7 Å². The number of rotatable bonds is 6. The summed E-state index contributed by atoms with van der Waals surface area (Å²) in [5, 5.41) is 6.45. The number of thiazole rings is 1. The van der Waals surface area contributed by atoms with E-state index in [2.05, 4.69) is 31.4 Å². The van der Waals surface area contributed by atoms with Crippen LogP contribution in [-0.4, -0.2) is 11.2 Å². The fraction of sp³-hybridized carbons (Fsp3) is 0.0588. The van der Waals surface area contributed by atoms with Gasteiger partial charge in [-0.05, 0) is 42.0 Å². The van der Waals surface area contributed by atoms with Gasteiger partial charge in [-0.25, -0.2) is 9.37 Å². The van der Waals surface area contributed by atoms with Crippen LogP contribution in [0.5, 0.6) is 5.75 Å². The first kappa shape index (κ1) is 17.4. The molecule has 5 nitrogen and oxygen atoms in total. The van der Waals surface area contributed by atoms with Crippen LogP contribution in [0.4, 0.5) is 15.3 Å². The van der Waals surface area contributed by atoms with Crippen LogP contribution in [0.3, 0.4) is 0 Å². The molecule has 0 saturated carbocycles. The normalized spacial score (nSPS) is 11.0. The Morgan fingerprint density at radius 3 is 2.76 bits per heavy atom. The van der Waals surface area contributed by atoms with Gasteiger partial charge in [0.2, 0.25) is 5.13 Å². The minimum absolute atomic E-state index is 0.166. The number of anilines is 2. The van der Waals surface area contributed by atoms with Crippen molar-refractivity contribution in [2.75, 3.05) is 11.2 Å². The third kappa shape index (κ3) is 5.01. The minimum atomic E-state index is -0.299. The van der Waals surface area contributed by atoms with Crippen LogP contribution in [0.1, 0.15) is 11.1 Å². The van der Waals surface area contributed by atoms with E-state index in [-0.39, 0.29) is 12.4 Å². The maximum atomic E-state index is 13.8. The molecule has 3 N–H and O–H groups in total. The molecule has 0 amide bonds. The van der Waals surface area contributed by atoms with Gasteiger partial charge in [-0.15, -0.1) is 11.3 Å². The maximum absolute atomic E-state index is 13.8. The molecule has 0 fully saturated rings. The first-order valence-electron chi connectivity index (χ1n) is 7.27. The maximum Gasteiger partial charge on any atom is 0.205 e. The van der Waals surface area contributed by atoms with Gasteiger partial charge < -0.3 is 10.5 Å². The van der Waals surface area contributed by atoms with Crippen molar-refractivity contribution in [3.63, 3.8) is 0 Å². The van der Waals surface area contributed by atoms with Crippen LogP contribution in [0.15, 0.2) is 57.4 Å². The molecule has 25 heavy (non-hydrogen) atoms. The van der Waals surface area contributed by atoms with Gasteiger partial charge in [-0.1, -0.05) is 22.0 Å². The molecule has 1 heterocycles. The van der Waals surface area contributed by atoms with Gasteiger partial charge in [0.1, 0.15) is 24.0 Å². The van der Waals surface area contributed by atoms with Crippen molar-refractivity contribution < 1.29 is 9.13 Å². The molecule has 3 aromatic rings. The molecule has 3 rings (SSSR count). The molecular formula is C17H14BrFN4OS. The lowest BCUT2D eigenvalue weighted by Gasteiger charge is -2.07. The zero-order valence-corrected chi connectivity index (χ0v) is 15.3.